The van der Waals surface area contributed by atoms with Crippen molar-refractivity contribution in [1.29, 1.82) is 0 Å². The summed E-state index contributed by atoms with van der Waals surface area (Å²) in [5, 5.41) is 3.10. The van der Waals surface area contributed by atoms with E-state index in [9.17, 15) is 13.2 Å². The van der Waals surface area contributed by atoms with Gasteiger partial charge in [0.1, 0.15) is 11.8 Å². The normalized spacial score (nSPS) is 13.5. The first kappa shape index (κ1) is 12.0. The van der Waals surface area contributed by atoms with E-state index in [1.807, 2.05) is 0 Å². The lowest BCUT2D eigenvalue weighted by Crippen LogP contribution is -2.26. The number of alkyl halides is 2. The zero-order chi connectivity index (χ0) is 12.4. The molecule has 2 aromatic rings. The van der Waals surface area contributed by atoms with Crippen LogP contribution in [0.2, 0.25) is 0 Å². The standard InChI is InChI=1S/C12H12F3NO/c1-2-16-10(12(14)15)9-6-7-4-3-5-8(13)11(7)17-9/h3-6,10,12,16H,2H2,1H3. The maximum atomic E-state index is 13.3. The van der Waals surface area contributed by atoms with Crippen LogP contribution in [0.25, 0.3) is 11.0 Å². The maximum absolute atomic E-state index is 13.3. The fraction of sp³-hybridized carbons (Fsp3) is 0.333. The molecule has 0 saturated heterocycles. The fourth-order valence-electron chi connectivity index (χ4n) is 1.73. The summed E-state index contributed by atoms with van der Waals surface area (Å²) >= 11 is 0. The minimum atomic E-state index is -2.60. The number of hydrogen-bond donors (Lipinski definition) is 1. The number of halogens is 3. The van der Waals surface area contributed by atoms with Crippen molar-refractivity contribution in [3.63, 3.8) is 0 Å². The third-order valence-electron chi connectivity index (χ3n) is 2.50. The molecule has 2 nitrogen and oxygen atoms in total. The molecule has 1 N–H and O–H groups in total. The molecule has 2 rings (SSSR count). The van der Waals surface area contributed by atoms with Crippen molar-refractivity contribution in [2.75, 3.05) is 6.54 Å². The lowest BCUT2D eigenvalue weighted by molar-refractivity contribution is 0.0896. The highest BCUT2D eigenvalue weighted by molar-refractivity contribution is 5.78. The largest absolute Gasteiger partial charge is 0.456 e. The highest BCUT2D eigenvalue weighted by Crippen LogP contribution is 2.28. The molecule has 0 radical (unpaired) electrons. The number of para-hydroxylation sites is 1. The van der Waals surface area contributed by atoms with Crippen LogP contribution in [0, 0.1) is 5.82 Å². The second-order valence-corrected chi connectivity index (χ2v) is 3.68. The molecule has 0 aliphatic carbocycles. The van der Waals surface area contributed by atoms with E-state index < -0.39 is 18.3 Å². The number of benzene rings is 1. The zero-order valence-electron chi connectivity index (χ0n) is 9.21. The Kier molecular flexibility index (Phi) is 3.38. The van der Waals surface area contributed by atoms with E-state index >= 15 is 0 Å². The van der Waals surface area contributed by atoms with Gasteiger partial charge in [0.2, 0.25) is 0 Å². The average Bonchev–Trinajstić information content (AvgIpc) is 2.70. The predicted molar refractivity (Wildman–Crippen MR) is 58.6 cm³/mol. The molecule has 0 aliphatic rings. The van der Waals surface area contributed by atoms with Gasteiger partial charge in [-0.3, -0.25) is 0 Å². The zero-order valence-corrected chi connectivity index (χ0v) is 9.21. The molecular weight excluding hydrogens is 231 g/mol. The van der Waals surface area contributed by atoms with E-state index in [2.05, 4.69) is 5.32 Å². The van der Waals surface area contributed by atoms with Crippen LogP contribution in [0.4, 0.5) is 13.2 Å². The Morgan fingerprint density at radius 2 is 2.12 bits per heavy atom. The minimum Gasteiger partial charge on any atom is -0.456 e. The number of nitrogens with one attached hydrogen (secondary N) is 1. The maximum Gasteiger partial charge on any atom is 0.260 e. The first-order valence-corrected chi connectivity index (χ1v) is 5.33. The Labute approximate surface area is 96.4 Å². The number of furan rings is 1. The fourth-order valence-corrected chi connectivity index (χ4v) is 1.73. The summed E-state index contributed by atoms with van der Waals surface area (Å²) in [6, 6.07) is 4.62. The molecule has 0 aliphatic heterocycles. The second-order valence-electron chi connectivity index (χ2n) is 3.68. The second kappa shape index (κ2) is 4.79. The van der Waals surface area contributed by atoms with Crippen molar-refractivity contribution >= 4 is 11.0 Å². The predicted octanol–water partition coefficient (Wildman–Crippen LogP) is 3.49. The minimum absolute atomic E-state index is 0.0195. The SMILES string of the molecule is CCNC(c1cc2cccc(F)c2o1)C(F)F. The van der Waals surface area contributed by atoms with Crippen LogP contribution >= 0.6 is 0 Å². The Morgan fingerprint density at radius 1 is 1.35 bits per heavy atom. The lowest BCUT2D eigenvalue weighted by atomic mass is 10.2. The highest BCUT2D eigenvalue weighted by atomic mass is 19.3. The number of hydrogen-bond acceptors (Lipinski definition) is 2. The molecule has 5 heteroatoms. The molecule has 1 unspecified atom stereocenters. The van der Waals surface area contributed by atoms with Crippen LogP contribution in [0.15, 0.2) is 28.7 Å². The molecule has 0 spiro atoms. The van der Waals surface area contributed by atoms with E-state index in [1.54, 1.807) is 13.0 Å². The van der Waals surface area contributed by atoms with Gasteiger partial charge >= 0.3 is 0 Å². The summed E-state index contributed by atoms with van der Waals surface area (Å²) in [6.07, 6.45) is -2.60. The van der Waals surface area contributed by atoms with Gasteiger partial charge in [-0.05, 0) is 18.7 Å². The van der Waals surface area contributed by atoms with Gasteiger partial charge in [0.05, 0.1) is 0 Å². The van der Waals surface area contributed by atoms with Crippen molar-refractivity contribution in [3.05, 3.63) is 35.8 Å². The van der Waals surface area contributed by atoms with Crippen molar-refractivity contribution in [3.8, 4) is 0 Å². The summed E-state index contributed by atoms with van der Waals surface area (Å²) in [5.74, 6) is -0.486. The molecular formula is C12H12F3NO. The first-order chi connectivity index (χ1) is 8.13. The van der Waals surface area contributed by atoms with E-state index in [0.717, 1.165) is 0 Å². The Bertz CT molecular complexity index is 509. The number of rotatable bonds is 4. The van der Waals surface area contributed by atoms with Gasteiger partial charge in [0, 0.05) is 5.39 Å². The van der Waals surface area contributed by atoms with Crippen molar-refractivity contribution in [2.24, 2.45) is 0 Å². The van der Waals surface area contributed by atoms with Gasteiger partial charge in [-0.15, -0.1) is 0 Å². The topological polar surface area (TPSA) is 25.2 Å². The van der Waals surface area contributed by atoms with Crippen LogP contribution in [0.5, 0.6) is 0 Å². The molecule has 1 aromatic heterocycles. The third kappa shape index (κ3) is 2.29. The van der Waals surface area contributed by atoms with Crippen molar-refractivity contribution in [2.45, 2.75) is 19.4 Å². The lowest BCUT2D eigenvalue weighted by Gasteiger charge is -2.13. The van der Waals surface area contributed by atoms with Gasteiger partial charge in [-0.2, -0.15) is 0 Å². The van der Waals surface area contributed by atoms with E-state index in [1.165, 1.54) is 18.2 Å². The van der Waals surface area contributed by atoms with E-state index in [-0.39, 0.29) is 11.3 Å². The van der Waals surface area contributed by atoms with Crippen LogP contribution < -0.4 is 5.32 Å². The van der Waals surface area contributed by atoms with Crippen molar-refractivity contribution < 1.29 is 17.6 Å². The Balaban J connectivity index is 2.44. The first-order valence-electron chi connectivity index (χ1n) is 5.33. The molecule has 92 valence electrons. The van der Waals surface area contributed by atoms with Gasteiger partial charge < -0.3 is 9.73 Å². The summed E-state index contributed by atoms with van der Waals surface area (Å²) in [4.78, 5) is 0. The summed E-state index contributed by atoms with van der Waals surface area (Å²) in [7, 11) is 0. The third-order valence-corrected chi connectivity index (χ3v) is 2.50. The van der Waals surface area contributed by atoms with Gasteiger partial charge in [0.15, 0.2) is 11.4 Å². The van der Waals surface area contributed by atoms with Crippen LogP contribution in [-0.2, 0) is 0 Å². The molecule has 0 amide bonds. The summed E-state index contributed by atoms with van der Waals surface area (Å²) < 4.78 is 44.1. The van der Waals surface area contributed by atoms with Crippen LogP contribution in [0.1, 0.15) is 18.7 Å². The molecule has 0 fully saturated rings. The Morgan fingerprint density at radius 3 is 2.71 bits per heavy atom. The van der Waals surface area contributed by atoms with E-state index in [0.29, 0.717) is 11.9 Å². The molecule has 1 heterocycles. The highest BCUT2D eigenvalue weighted by Gasteiger charge is 2.25. The van der Waals surface area contributed by atoms with Gasteiger partial charge in [-0.25, -0.2) is 13.2 Å². The van der Waals surface area contributed by atoms with Crippen LogP contribution in [-0.4, -0.2) is 13.0 Å². The Hall–Kier alpha value is -1.49. The molecule has 17 heavy (non-hydrogen) atoms. The smallest absolute Gasteiger partial charge is 0.260 e. The van der Waals surface area contributed by atoms with Crippen LogP contribution in [0.3, 0.4) is 0 Å². The quantitative estimate of drug-likeness (QED) is 0.889. The van der Waals surface area contributed by atoms with Gasteiger partial charge in [0.25, 0.3) is 6.43 Å². The van der Waals surface area contributed by atoms with Gasteiger partial charge in [-0.1, -0.05) is 19.1 Å². The summed E-state index contributed by atoms with van der Waals surface area (Å²) in [5.41, 5.74) is 0.0195. The molecule has 0 bridgehead atoms. The average molecular weight is 243 g/mol. The van der Waals surface area contributed by atoms with E-state index in [4.69, 9.17) is 4.42 Å². The number of fused-ring (bicyclic) bond motifs is 1. The van der Waals surface area contributed by atoms with Crippen molar-refractivity contribution in [1.82, 2.24) is 5.32 Å². The molecule has 0 saturated carbocycles. The monoisotopic (exact) mass is 243 g/mol. The summed E-state index contributed by atoms with van der Waals surface area (Å²) in [6.45, 7) is 2.10. The molecule has 1 atom stereocenters. The molecule has 1 aromatic carbocycles.